The first kappa shape index (κ1) is 9.52. The number of nitrogens with one attached hydrogen (secondary N) is 1. The van der Waals surface area contributed by atoms with Gasteiger partial charge in [0.05, 0.1) is 0 Å². The van der Waals surface area contributed by atoms with Gasteiger partial charge < -0.3 is 11.1 Å². The summed E-state index contributed by atoms with van der Waals surface area (Å²) in [5.41, 5.74) is 5.54. The van der Waals surface area contributed by atoms with Crippen molar-refractivity contribution in [3.63, 3.8) is 0 Å². The van der Waals surface area contributed by atoms with E-state index in [0.29, 0.717) is 18.9 Å². The highest BCUT2D eigenvalue weighted by Crippen LogP contribution is 2.32. The molecule has 3 nitrogen and oxygen atoms in total. The summed E-state index contributed by atoms with van der Waals surface area (Å²) >= 11 is 0. The van der Waals surface area contributed by atoms with Gasteiger partial charge in [0.25, 0.3) is 0 Å². The SMILES string of the molecule is CCCC(=O)NC(CN)C1CC1. The first-order valence-electron chi connectivity index (χ1n) is 4.77. The fourth-order valence-electron chi connectivity index (χ4n) is 1.37. The van der Waals surface area contributed by atoms with Crippen LogP contribution in [0.1, 0.15) is 32.6 Å². The molecule has 0 heterocycles. The van der Waals surface area contributed by atoms with Crippen molar-refractivity contribution < 1.29 is 4.79 Å². The molecule has 0 aromatic heterocycles. The minimum absolute atomic E-state index is 0.153. The molecule has 3 N–H and O–H groups in total. The number of carbonyl (C=O) groups is 1. The van der Waals surface area contributed by atoms with E-state index in [-0.39, 0.29) is 11.9 Å². The Morgan fingerprint density at radius 1 is 1.67 bits per heavy atom. The number of nitrogens with two attached hydrogens (primary N) is 1. The summed E-state index contributed by atoms with van der Waals surface area (Å²) in [7, 11) is 0. The van der Waals surface area contributed by atoms with Crippen molar-refractivity contribution >= 4 is 5.91 Å². The predicted molar refractivity (Wildman–Crippen MR) is 48.6 cm³/mol. The molecule has 0 aromatic rings. The quantitative estimate of drug-likeness (QED) is 0.636. The Bertz CT molecular complexity index is 155. The third kappa shape index (κ3) is 2.81. The summed E-state index contributed by atoms with van der Waals surface area (Å²) in [4.78, 5) is 11.2. The van der Waals surface area contributed by atoms with Crippen LogP contribution in [0.25, 0.3) is 0 Å². The summed E-state index contributed by atoms with van der Waals surface area (Å²) in [6.07, 6.45) is 4.00. The maximum absolute atomic E-state index is 11.2. The van der Waals surface area contributed by atoms with Crippen molar-refractivity contribution in [1.29, 1.82) is 0 Å². The molecule has 1 aliphatic carbocycles. The lowest BCUT2D eigenvalue weighted by atomic mass is 10.2. The molecule has 1 saturated carbocycles. The zero-order valence-electron chi connectivity index (χ0n) is 7.68. The van der Waals surface area contributed by atoms with E-state index in [1.807, 2.05) is 6.92 Å². The zero-order chi connectivity index (χ0) is 8.97. The van der Waals surface area contributed by atoms with Crippen LogP contribution in [0.3, 0.4) is 0 Å². The fourth-order valence-corrected chi connectivity index (χ4v) is 1.37. The number of hydrogen-bond donors (Lipinski definition) is 2. The van der Waals surface area contributed by atoms with Crippen LogP contribution >= 0.6 is 0 Å². The Morgan fingerprint density at radius 3 is 2.75 bits per heavy atom. The summed E-state index contributed by atoms with van der Waals surface area (Å²) in [6.45, 7) is 2.59. The van der Waals surface area contributed by atoms with E-state index in [1.165, 1.54) is 12.8 Å². The van der Waals surface area contributed by atoms with Gasteiger partial charge in [0.1, 0.15) is 0 Å². The molecular formula is C9H18N2O. The average molecular weight is 170 g/mol. The van der Waals surface area contributed by atoms with Crippen LogP contribution in [0.5, 0.6) is 0 Å². The molecule has 3 heteroatoms. The van der Waals surface area contributed by atoms with Gasteiger partial charge in [-0.15, -0.1) is 0 Å². The summed E-state index contributed by atoms with van der Waals surface area (Å²) in [6, 6.07) is 0.240. The molecule has 1 unspecified atom stereocenters. The Kier molecular flexibility index (Phi) is 3.53. The topological polar surface area (TPSA) is 55.1 Å². The van der Waals surface area contributed by atoms with E-state index in [1.54, 1.807) is 0 Å². The molecule has 1 aliphatic rings. The Morgan fingerprint density at radius 2 is 2.33 bits per heavy atom. The Labute approximate surface area is 73.7 Å². The Hall–Kier alpha value is -0.570. The summed E-state index contributed by atoms with van der Waals surface area (Å²) in [5, 5.41) is 2.97. The first-order valence-corrected chi connectivity index (χ1v) is 4.77. The lowest BCUT2D eigenvalue weighted by molar-refractivity contribution is -0.121. The average Bonchev–Trinajstić information content (AvgIpc) is 2.83. The lowest BCUT2D eigenvalue weighted by Crippen LogP contribution is -2.41. The molecule has 12 heavy (non-hydrogen) atoms. The number of rotatable bonds is 5. The van der Waals surface area contributed by atoms with Crippen LogP contribution < -0.4 is 11.1 Å². The van der Waals surface area contributed by atoms with Crippen LogP contribution in [0.15, 0.2) is 0 Å². The molecule has 0 aliphatic heterocycles. The van der Waals surface area contributed by atoms with E-state index < -0.39 is 0 Å². The van der Waals surface area contributed by atoms with E-state index in [9.17, 15) is 4.79 Å². The van der Waals surface area contributed by atoms with Gasteiger partial charge >= 0.3 is 0 Å². The molecule has 0 aromatic carbocycles. The molecule has 70 valence electrons. The van der Waals surface area contributed by atoms with Crippen molar-refractivity contribution in [3.8, 4) is 0 Å². The lowest BCUT2D eigenvalue weighted by Gasteiger charge is -2.15. The van der Waals surface area contributed by atoms with Crippen LogP contribution in [0.4, 0.5) is 0 Å². The smallest absolute Gasteiger partial charge is 0.220 e. The first-order chi connectivity index (χ1) is 5.77. The van der Waals surface area contributed by atoms with Crippen molar-refractivity contribution in [2.75, 3.05) is 6.54 Å². The number of carbonyl (C=O) groups excluding carboxylic acids is 1. The normalized spacial score (nSPS) is 18.8. The number of hydrogen-bond acceptors (Lipinski definition) is 2. The maximum Gasteiger partial charge on any atom is 0.220 e. The highest BCUT2D eigenvalue weighted by atomic mass is 16.1. The summed E-state index contributed by atoms with van der Waals surface area (Å²) < 4.78 is 0. The minimum atomic E-state index is 0.153. The van der Waals surface area contributed by atoms with E-state index in [2.05, 4.69) is 5.32 Å². The molecule has 0 saturated heterocycles. The van der Waals surface area contributed by atoms with E-state index in [4.69, 9.17) is 5.73 Å². The van der Waals surface area contributed by atoms with Crippen LogP contribution in [-0.2, 0) is 4.79 Å². The van der Waals surface area contributed by atoms with Gasteiger partial charge in [-0.25, -0.2) is 0 Å². The fraction of sp³-hybridized carbons (Fsp3) is 0.889. The van der Waals surface area contributed by atoms with Crippen LogP contribution in [-0.4, -0.2) is 18.5 Å². The minimum Gasteiger partial charge on any atom is -0.352 e. The molecule has 1 rings (SSSR count). The molecule has 1 atom stereocenters. The van der Waals surface area contributed by atoms with Gasteiger partial charge in [0.2, 0.25) is 5.91 Å². The highest BCUT2D eigenvalue weighted by Gasteiger charge is 2.30. The Balaban J connectivity index is 2.21. The van der Waals surface area contributed by atoms with Crippen molar-refractivity contribution in [2.24, 2.45) is 11.7 Å². The van der Waals surface area contributed by atoms with Crippen molar-refractivity contribution in [3.05, 3.63) is 0 Å². The molecule has 0 spiro atoms. The van der Waals surface area contributed by atoms with Crippen molar-refractivity contribution in [2.45, 2.75) is 38.6 Å². The molecule has 0 bridgehead atoms. The van der Waals surface area contributed by atoms with Crippen molar-refractivity contribution in [1.82, 2.24) is 5.32 Å². The molecule has 1 amide bonds. The summed E-state index contributed by atoms with van der Waals surface area (Å²) in [5.74, 6) is 0.815. The standard InChI is InChI=1S/C9H18N2O/c1-2-3-9(12)11-8(6-10)7-4-5-7/h7-8H,2-6,10H2,1H3,(H,11,12). The second-order valence-electron chi connectivity index (χ2n) is 3.50. The van der Waals surface area contributed by atoms with Crippen LogP contribution in [0.2, 0.25) is 0 Å². The van der Waals surface area contributed by atoms with Gasteiger partial charge in [-0.1, -0.05) is 6.92 Å². The van der Waals surface area contributed by atoms with Crippen LogP contribution in [0, 0.1) is 5.92 Å². The second kappa shape index (κ2) is 4.45. The van der Waals surface area contributed by atoms with Gasteiger partial charge in [-0.05, 0) is 25.2 Å². The largest absolute Gasteiger partial charge is 0.352 e. The molecule has 0 radical (unpaired) electrons. The predicted octanol–water partition coefficient (Wildman–Crippen LogP) is 0.640. The number of amides is 1. The van der Waals surface area contributed by atoms with E-state index in [0.717, 1.165) is 6.42 Å². The van der Waals surface area contributed by atoms with Gasteiger partial charge in [-0.3, -0.25) is 4.79 Å². The molecular weight excluding hydrogens is 152 g/mol. The van der Waals surface area contributed by atoms with Gasteiger partial charge in [-0.2, -0.15) is 0 Å². The van der Waals surface area contributed by atoms with Gasteiger partial charge in [0, 0.05) is 19.0 Å². The third-order valence-corrected chi connectivity index (χ3v) is 2.27. The second-order valence-corrected chi connectivity index (χ2v) is 3.50. The highest BCUT2D eigenvalue weighted by molar-refractivity contribution is 5.76. The zero-order valence-corrected chi connectivity index (χ0v) is 7.68. The molecule has 1 fully saturated rings. The monoisotopic (exact) mass is 170 g/mol. The van der Waals surface area contributed by atoms with Gasteiger partial charge in [0.15, 0.2) is 0 Å². The maximum atomic E-state index is 11.2. The third-order valence-electron chi connectivity index (χ3n) is 2.27. The van der Waals surface area contributed by atoms with E-state index >= 15 is 0 Å².